The number of aryl methyl sites for hydroxylation is 3. The van der Waals surface area contributed by atoms with Crippen LogP contribution >= 0.6 is 0 Å². The van der Waals surface area contributed by atoms with E-state index in [-0.39, 0.29) is 0 Å². The monoisotopic (exact) mass is 320 g/mol. The fraction of sp³-hybridized carbons (Fsp3) is 0.158. The molecule has 3 rings (SSSR count). The van der Waals surface area contributed by atoms with Gasteiger partial charge in [0, 0.05) is 11.3 Å². The quantitative estimate of drug-likeness (QED) is 0.766. The average Bonchev–Trinajstić information content (AvgIpc) is 2.92. The third-order valence-electron chi connectivity index (χ3n) is 4.01. The van der Waals surface area contributed by atoms with E-state index in [1.807, 2.05) is 23.7 Å². The maximum absolute atomic E-state index is 10.9. The van der Waals surface area contributed by atoms with Gasteiger partial charge in [-0.15, -0.1) is 0 Å². The Morgan fingerprint density at radius 1 is 1.00 bits per heavy atom. The number of hydrogen-bond donors (Lipinski definition) is 2. The Labute approximate surface area is 141 Å². The number of hydrogen-bond acceptors (Lipinski definition) is 2. The van der Waals surface area contributed by atoms with Gasteiger partial charge >= 0.3 is 6.03 Å². The molecule has 2 aromatic carbocycles. The van der Waals surface area contributed by atoms with Gasteiger partial charge < -0.3 is 11.1 Å². The third-order valence-corrected chi connectivity index (χ3v) is 4.01. The van der Waals surface area contributed by atoms with Crippen LogP contribution < -0.4 is 11.1 Å². The van der Waals surface area contributed by atoms with Crippen molar-refractivity contribution < 1.29 is 4.79 Å². The lowest BCUT2D eigenvalue weighted by molar-refractivity contribution is 0.259. The minimum Gasteiger partial charge on any atom is -0.351 e. The van der Waals surface area contributed by atoms with Crippen molar-refractivity contribution in [2.24, 2.45) is 5.73 Å². The second-order valence-electron chi connectivity index (χ2n) is 5.92. The van der Waals surface area contributed by atoms with Gasteiger partial charge in [0.1, 0.15) is 0 Å². The highest BCUT2D eigenvalue weighted by atomic mass is 16.2. The van der Waals surface area contributed by atoms with Crippen LogP contribution in [0.1, 0.15) is 16.8 Å². The van der Waals surface area contributed by atoms with E-state index in [0.29, 0.717) is 5.69 Å². The number of anilines is 1. The van der Waals surface area contributed by atoms with Crippen LogP contribution in [0, 0.1) is 20.8 Å². The average molecular weight is 320 g/mol. The van der Waals surface area contributed by atoms with E-state index < -0.39 is 6.03 Å². The van der Waals surface area contributed by atoms with Crippen molar-refractivity contribution in [3.63, 3.8) is 0 Å². The van der Waals surface area contributed by atoms with Crippen molar-refractivity contribution >= 4 is 11.7 Å². The molecule has 0 radical (unpaired) electrons. The van der Waals surface area contributed by atoms with E-state index in [4.69, 9.17) is 5.73 Å². The molecule has 0 aliphatic heterocycles. The second-order valence-corrected chi connectivity index (χ2v) is 5.92. The molecule has 0 atom stereocenters. The lowest BCUT2D eigenvalue weighted by atomic mass is 10.0. The summed E-state index contributed by atoms with van der Waals surface area (Å²) >= 11 is 0. The van der Waals surface area contributed by atoms with Gasteiger partial charge in [0.25, 0.3) is 0 Å². The normalized spacial score (nSPS) is 10.6. The van der Waals surface area contributed by atoms with Crippen molar-refractivity contribution in [1.82, 2.24) is 9.78 Å². The van der Waals surface area contributed by atoms with Crippen LogP contribution in [0.5, 0.6) is 0 Å². The van der Waals surface area contributed by atoms with Crippen molar-refractivity contribution in [2.45, 2.75) is 20.8 Å². The molecule has 0 saturated heterocycles. The lowest BCUT2D eigenvalue weighted by Crippen LogP contribution is -2.19. The number of benzene rings is 2. The Morgan fingerprint density at radius 3 is 2.33 bits per heavy atom. The molecule has 0 fully saturated rings. The number of carbonyl (C=O) groups excluding carboxylic acids is 1. The number of rotatable bonds is 3. The summed E-state index contributed by atoms with van der Waals surface area (Å²) in [5, 5.41) is 7.16. The maximum Gasteiger partial charge on any atom is 0.316 e. The van der Waals surface area contributed by atoms with E-state index in [0.717, 1.165) is 22.6 Å². The topological polar surface area (TPSA) is 72.9 Å². The molecular formula is C19H20N4O. The number of carbonyl (C=O) groups is 1. The van der Waals surface area contributed by atoms with Crippen molar-refractivity contribution in [1.29, 1.82) is 0 Å². The zero-order valence-electron chi connectivity index (χ0n) is 14.0. The standard InChI is InChI=1S/C19H20N4O/c1-12-4-5-15(10-13(12)2)18-11-14(3)22-23(18)17-8-6-16(7-9-17)21-19(20)24/h4-11H,1-3H3,(H3,20,21,24). The minimum atomic E-state index is -0.575. The van der Waals surface area contributed by atoms with Crippen molar-refractivity contribution in [3.05, 3.63) is 65.4 Å². The molecular weight excluding hydrogens is 300 g/mol. The Balaban J connectivity index is 2.02. The number of aromatic nitrogens is 2. The van der Waals surface area contributed by atoms with E-state index in [9.17, 15) is 4.79 Å². The largest absolute Gasteiger partial charge is 0.351 e. The molecule has 1 heterocycles. The van der Waals surface area contributed by atoms with Gasteiger partial charge in [0.2, 0.25) is 0 Å². The van der Waals surface area contributed by atoms with Crippen LogP contribution in [-0.4, -0.2) is 15.8 Å². The first-order valence-electron chi connectivity index (χ1n) is 7.75. The van der Waals surface area contributed by atoms with Gasteiger partial charge in [-0.3, -0.25) is 0 Å². The number of nitrogens with two attached hydrogens (primary N) is 1. The van der Waals surface area contributed by atoms with Gasteiger partial charge in [0.15, 0.2) is 0 Å². The highest BCUT2D eigenvalue weighted by molar-refractivity contribution is 5.87. The van der Waals surface area contributed by atoms with Crippen LogP contribution in [0.15, 0.2) is 48.5 Å². The summed E-state index contributed by atoms with van der Waals surface area (Å²) in [6, 6.07) is 15.3. The SMILES string of the molecule is Cc1cc(-c2ccc(C)c(C)c2)n(-c2ccc(NC(N)=O)cc2)n1. The van der Waals surface area contributed by atoms with Crippen molar-refractivity contribution in [2.75, 3.05) is 5.32 Å². The van der Waals surface area contributed by atoms with Gasteiger partial charge in [-0.05, 0) is 68.3 Å². The van der Waals surface area contributed by atoms with E-state index in [1.165, 1.54) is 11.1 Å². The summed E-state index contributed by atoms with van der Waals surface area (Å²) in [5.41, 5.74) is 12.3. The van der Waals surface area contributed by atoms with Gasteiger partial charge in [-0.25, -0.2) is 9.48 Å². The molecule has 0 aliphatic rings. The molecule has 2 amide bonds. The maximum atomic E-state index is 10.9. The molecule has 0 aliphatic carbocycles. The number of primary amides is 1. The molecule has 0 bridgehead atoms. The summed E-state index contributed by atoms with van der Waals surface area (Å²) in [7, 11) is 0. The van der Waals surface area contributed by atoms with Gasteiger partial charge in [0.05, 0.1) is 17.1 Å². The van der Waals surface area contributed by atoms with Crippen LogP contribution in [0.4, 0.5) is 10.5 Å². The van der Waals surface area contributed by atoms with Gasteiger partial charge in [-0.2, -0.15) is 5.10 Å². The number of urea groups is 1. The summed E-state index contributed by atoms with van der Waals surface area (Å²) in [6.07, 6.45) is 0. The summed E-state index contributed by atoms with van der Waals surface area (Å²) < 4.78 is 1.91. The predicted octanol–water partition coefficient (Wildman–Crippen LogP) is 3.96. The second kappa shape index (κ2) is 6.20. The van der Waals surface area contributed by atoms with Crippen LogP contribution in [0.3, 0.4) is 0 Å². The molecule has 122 valence electrons. The highest BCUT2D eigenvalue weighted by Crippen LogP contribution is 2.26. The molecule has 5 nitrogen and oxygen atoms in total. The summed E-state index contributed by atoms with van der Waals surface area (Å²) in [5.74, 6) is 0. The molecule has 1 aromatic heterocycles. The Morgan fingerprint density at radius 2 is 1.71 bits per heavy atom. The Bertz CT molecular complexity index is 894. The van der Waals surface area contributed by atoms with Crippen LogP contribution in [0.25, 0.3) is 16.9 Å². The molecule has 24 heavy (non-hydrogen) atoms. The Kier molecular flexibility index (Phi) is 4.08. The van der Waals surface area contributed by atoms with Crippen molar-refractivity contribution in [3.8, 4) is 16.9 Å². The van der Waals surface area contributed by atoms with E-state index in [1.54, 1.807) is 12.1 Å². The number of nitrogens with one attached hydrogen (secondary N) is 1. The molecule has 0 spiro atoms. The first-order chi connectivity index (χ1) is 11.4. The summed E-state index contributed by atoms with van der Waals surface area (Å²) in [6.45, 7) is 6.19. The smallest absolute Gasteiger partial charge is 0.316 e. The molecule has 3 N–H and O–H groups in total. The van der Waals surface area contributed by atoms with Gasteiger partial charge in [-0.1, -0.05) is 12.1 Å². The minimum absolute atomic E-state index is 0.575. The van der Waals surface area contributed by atoms with Crippen LogP contribution in [-0.2, 0) is 0 Å². The molecule has 3 aromatic rings. The first-order valence-corrected chi connectivity index (χ1v) is 7.75. The predicted molar refractivity (Wildman–Crippen MR) is 96.4 cm³/mol. The lowest BCUT2D eigenvalue weighted by Gasteiger charge is -2.10. The molecule has 5 heteroatoms. The number of nitrogens with zero attached hydrogens (tertiary/aromatic N) is 2. The van der Waals surface area contributed by atoms with E-state index in [2.05, 4.69) is 48.5 Å². The molecule has 0 saturated carbocycles. The fourth-order valence-corrected chi connectivity index (χ4v) is 2.63. The summed E-state index contributed by atoms with van der Waals surface area (Å²) in [4.78, 5) is 10.9. The Hall–Kier alpha value is -3.08. The van der Waals surface area contributed by atoms with E-state index >= 15 is 0 Å². The van der Waals surface area contributed by atoms with Crippen LogP contribution in [0.2, 0.25) is 0 Å². The highest BCUT2D eigenvalue weighted by Gasteiger charge is 2.11. The third kappa shape index (κ3) is 3.15. The fourth-order valence-electron chi connectivity index (χ4n) is 2.63. The molecule has 0 unspecified atom stereocenters. The zero-order valence-corrected chi connectivity index (χ0v) is 14.0. The number of amides is 2. The zero-order chi connectivity index (χ0) is 17.3. The first kappa shape index (κ1) is 15.8.